The van der Waals surface area contributed by atoms with Crippen LogP contribution >= 0.6 is 0 Å². The number of nitrogens with one attached hydrogen (secondary N) is 1. The summed E-state index contributed by atoms with van der Waals surface area (Å²) in [5, 5.41) is 2.91. The molecule has 0 radical (unpaired) electrons. The van der Waals surface area contributed by atoms with Gasteiger partial charge in [0, 0.05) is 26.2 Å². The Bertz CT molecular complexity index is 947. The van der Waals surface area contributed by atoms with Crippen LogP contribution in [0.4, 0.5) is 4.79 Å². The minimum Gasteiger partial charge on any atom is -0.473 e. The normalized spacial score (nSPS) is 14.4. The fourth-order valence-corrected chi connectivity index (χ4v) is 4.29. The number of para-hydroxylation sites is 1. The molecule has 0 spiro atoms. The van der Waals surface area contributed by atoms with E-state index in [1.54, 1.807) is 0 Å². The number of carbonyl (C=O) groups is 1. The summed E-state index contributed by atoms with van der Waals surface area (Å²) in [7, 11) is 0. The second-order valence-electron chi connectivity index (χ2n) is 7.98. The van der Waals surface area contributed by atoms with Crippen LogP contribution in [0.15, 0.2) is 84.9 Å². The van der Waals surface area contributed by atoms with E-state index < -0.39 is 0 Å². The standard InChI is InChI=1S/C27H31N3O2/c1-2-22-11-9-10-16-25(22)32-21-28-27(31)30-19-17-29(18-20-30)26(23-12-5-3-6-13-23)24-14-7-4-8-15-24/h3-16,26H,2,17-21H2,1H3,(H,28,31). The van der Waals surface area contributed by atoms with Crippen molar-refractivity contribution in [2.45, 2.75) is 19.4 Å². The van der Waals surface area contributed by atoms with Gasteiger partial charge in [-0.25, -0.2) is 4.79 Å². The number of aryl methyl sites for hydroxylation is 1. The number of piperazine rings is 1. The molecule has 1 heterocycles. The molecule has 2 amide bonds. The summed E-state index contributed by atoms with van der Waals surface area (Å²) in [5.41, 5.74) is 3.70. The van der Waals surface area contributed by atoms with Gasteiger partial charge in [-0.3, -0.25) is 4.90 Å². The van der Waals surface area contributed by atoms with Gasteiger partial charge in [0.05, 0.1) is 6.04 Å². The zero-order chi connectivity index (χ0) is 22.2. The van der Waals surface area contributed by atoms with Crippen LogP contribution in [0.3, 0.4) is 0 Å². The van der Waals surface area contributed by atoms with Crippen molar-refractivity contribution in [3.63, 3.8) is 0 Å². The maximum Gasteiger partial charge on any atom is 0.320 e. The van der Waals surface area contributed by atoms with Crippen LogP contribution in [0.5, 0.6) is 5.75 Å². The molecule has 0 aliphatic carbocycles. The predicted octanol–water partition coefficient (Wildman–Crippen LogP) is 4.70. The Balaban J connectivity index is 1.33. The maximum absolute atomic E-state index is 12.7. The molecule has 0 unspecified atom stereocenters. The van der Waals surface area contributed by atoms with Crippen LogP contribution in [0, 0.1) is 0 Å². The monoisotopic (exact) mass is 429 g/mol. The van der Waals surface area contributed by atoms with Crippen LogP contribution in [0.1, 0.15) is 29.7 Å². The summed E-state index contributed by atoms with van der Waals surface area (Å²) in [6.07, 6.45) is 0.899. The van der Waals surface area contributed by atoms with Crippen LogP contribution in [-0.2, 0) is 6.42 Å². The first kappa shape index (κ1) is 21.9. The quantitative estimate of drug-likeness (QED) is 0.554. The molecule has 32 heavy (non-hydrogen) atoms. The fraction of sp³-hybridized carbons (Fsp3) is 0.296. The van der Waals surface area contributed by atoms with E-state index in [9.17, 15) is 4.79 Å². The zero-order valence-electron chi connectivity index (χ0n) is 18.6. The summed E-state index contributed by atoms with van der Waals surface area (Å²) in [6.45, 7) is 5.29. The van der Waals surface area contributed by atoms with E-state index >= 15 is 0 Å². The van der Waals surface area contributed by atoms with Crippen LogP contribution in [0.25, 0.3) is 0 Å². The van der Waals surface area contributed by atoms with E-state index in [2.05, 4.69) is 77.8 Å². The molecule has 0 bridgehead atoms. The van der Waals surface area contributed by atoms with Gasteiger partial charge in [0.2, 0.25) is 0 Å². The Hall–Kier alpha value is -3.31. The number of rotatable bonds is 7. The average molecular weight is 430 g/mol. The Kier molecular flexibility index (Phi) is 7.41. The van der Waals surface area contributed by atoms with Crippen molar-refractivity contribution in [3.8, 4) is 5.75 Å². The van der Waals surface area contributed by atoms with E-state index in [0.717, 1.165) is 30.8 Å². The summed E-state index contributed by atoms with van der Waals surface area (Å²) >= 11 is 0. The molecule has 1 aliphatic rings. The lowest BCUT2D eigenvalue weighted by Crippen LogP contribution is -2.53. The lowest BCUT2D eigenvalue weighted by molar-refractivity contribution is 0.116. The van der Waals surface area contributed by atoms with Gasteiger partial charge in [0.25, 0.3) is 0 Å². The highest BCUT2D eigenvalue weighted by Gasteiger charge is 2.28. The highest BCUT2D eigenvalue weighted by molar-refractivity contribution is 5.74. The molecule has 0 aromatic heterocycles. The van der Waals surface area contributed by atoms with E-state index in [1.807, 2.05) is 29.2 Å². The summed E-state index contributed by atoms with van der Waals surface area (Å²) in [4.78, 5) is 17.0. The van der Waals surface area contributed by atoms with E-state index in [1.165, 1.54) is 11.1 Å². The molecule has 1 aliphatic heterocycles. The molecule has 5 heteroatoms. The van der Waals surface area contributed by atoms with E-state index in [0.29, 0.717) is 13.1 Å². The van der Waals surface area contributed by atoms with Gasteiger partial charge < -0.3 is 15.0 Å². The number of benzene rings is 3. The number of carbonyl (C=O) groups excluding carboxylic acids is 1. The first-order chi connectivity index (χ1) is 15.8. The molecule has 0 atom stereocenters. The number of hydrogen-bond acceptors (Lipinski definition) is 3. The number of nitrogens with zero attached hydrogens (tertiary/aromatic N) is 2. The Labute approximate surface area is 190 Å². The second kappa shape index (κ2) is 10.8. The smallest absolute Gasteiger partial charge is 0.320 e. The molecular weight excluding hydrogens is 398 g/mol. The molecule has 0 saturated carbocycles. The van der Waals surface area contributed by atoms with Gasteiger partial charge in [-0.05, 0) is 29.2 Å². The van der Waals surface area contributed by atoms with E-state index in [-0.39, 0.29) is 18.8 Å². The summed E-state index contributed by atoms with van der Waals surface area (Å²) in [6, 6.07) is 29.2. The number of ether oxygens (including phenoxy) is 1. The molecule has 166 valence electrons. The van der Waals surface area contributed by atoms with Crippen LogP contribution in [-0.4, -0.2) is 48.7 Å². The first-order valence-electron chi connectivity index (χ1n) is 11.3. The van der Waals surface area contributed by atoms with Crippen LogP contribution in [0.2, 0.25) is 0 Å². The zero-order valence-corrected chi connectivity index (χ0v) is 18.6. The number of amides is 2. The van der Waals surface area contributed by atoms with Gasteiger partial charge in [-0.2, -0.15) is 0 Å². The van der Waals surface area contributed by atoms with Crippen molar-refractivity contribution < 1.29 is 9.53 Å². The fourth-order valence-electron chi connectivity index (χ4n) is 4.29. The van der Waals surface area contributed by atoms with Crippen molar-refractivity contribution in [1.29, 1.82) is 0 Å². The van der Waals surface area contributed by atoms with Gasteiger partial charge in [0.1, 0.15) is 5.75 Å². The lowest BCUT2D eigenvalue weighted by atomic mass is 9.96. The third-order valence-corrected chi connectivity index (χ3v) is 6.00. The molecule has 4 rings (SSSR count). The summed E-state index contributed by atoms with van der Waals surface area (Å²) < 4.78 is 5.80. The van der Waals surface area contributed by atoms with Gasteiger partial charge >= 0.3 is 6.03 Å². The topological polar surface area (TPSA) is 44.8 Å². The van der Waals surface area contributed by atoms with E-state index in [4.69, 9.17) is 4.74 Å². The van der Waals surface area contributed by atoms with Crippen molar-refractivity contribution in [1.82, 2.24) is 15.1 Å². The highest BCUT2D eigenvalue weighted by atomic mass is 16.5. The number of hydrogen-bond donors (Lipinski definition) is 1. The molecule has 3 aromatic carbocycles. The molecule has 1 N–H and O–H groups in total. The Morgan fingerprint density at radius 3 is 2.00 bits per heavy atom. The third kappa shape index (κ3) is 5.29. The minimum absolute atomic E-state index is 0.0744. The minimum atomic E-state index is -0.0744. The largest absolute Gasteiger partial charge is 0.473 e. The molecular formula is C27H31N3O2. The molecule has 5 nitrogen and oxygen atoms in total. The molecule has 3 aromatic rings. The van der Waals surface area contributed by atoms with Crippen molar-refractivity contribution in [2.24, 2.45) is 0 Å². The van der Waals surface area contributed by atoms with Gasteiger partial charge in [-0.15, -0.1) is 0 Å². The summed E-state index contributed by atoms with van der Waals surface area (Å²) in [5.74, 6) is 0.827. The van der Waals surface area contributed by atoms with Gasteiger partial charge in [-0.1, -0.05) is 85.8 Å². The Morgan fingerprint density at radius 2 is 1.41 bits per heavy atom. The third-order valence-electron chi connectivity index (χ3n) is 6.00. The lowest BCUT2D eigenvalue weighted by Gasteiger charge is -2.39. The number of urea groups is 1. The Morgan fingerprint density at radius 1 is 0.844 bits per heavy atom. The maximum atomic E-state index is 12.7. The van der Waals surface area contributed by atoms with Crippen LogP contribution < -0.4 is 10.1 Å². The SMILES string of the molecule is CCc1ccccc1OCNC(=O)N1CCN(C(c2ccccc2)c2ccccc2)CC1. The first-order valence-corrected chi connectivity index (χ1v) is 11.3. The van der Waals surface area contributed by atoms with Gasteiger partial charge in [0.15, 0.2) is 6.73 Å². The molecule has 1 saturated heterocycles. The average Bonchev–Trinajstić information content (AvgIpc) is 2.86. The highest BCUT2D eigenvalue weighted by Crippen LogP contribution is 2.29. The van der Waals surface area contributed by atoms with Crippen molar-refractivity contribution >= 4 is 6.03 Å². The predicted molar refractivity (Wildman–Crippen MR) is 128 cm³/mol. The molecule has 1 fully saturated rings. The second-order valence-corrected chi connectivity index (χ2v) is 7.98. The van der Waals surface area contributed by atoms with Crippen molar-refractivity contribution in [2.75, 3.05) is 32.9 Å². The van der Waals surface area contributed by atoms with Crippen molar-refractivity contribution in [3.05, 3.63) is 102 Å².